The molecule has 2 aromatic rings. The van der Waals surface area contributed by atoms with E-state index in [1.807, 2.05) is 10.9 Å². The highest BCUT2D eigenvalue weighted by Gasteiger charge is 2.26. The summed E-state index contributed by atoms with van der Waals surface area (Å²) in [6.45, 7) is 4.38. The molecule has 1 atom stereocenters. The highest BCUT2D eigenvalue weighted by molar-refractivity contribution is 6.28. The number of fused-ring (bicyclic) bond motifs is 1. The van der Waals surface area contributed by atoms with E-state index < -0.39 is 0 Å². The van der Waals surface area contributed by atoms with Gasteiger partial charge in [-0.1, -0.05) is 12.8 Å². The van der Waals surface area contributed by atoms with Crippen LogP contribution in [0.4, 0.5) is 5.82 Å². The number of anilines is 1. The summed E-state index contributed by atoms with van der Waals surface area (Å²) in [7, 11) is 0. The Morgan fingerprint density at radius 3 is 2.86 bits per heavy atom. The number of aromatic nitrogens is 4. The van der Waals surface area contributed by atoms with E-state index in [-0.39, 0.29) is 6.04 Å². The van der Waals surface area contributed by atoms with Gasteiger partial charge in [-0.25, -0.2) is 4.68 Å². The fourth-order valence-corrected chi connectivity index (χ4v) is 3.72. The molecule has 6 nitrogen and oxygen atoms in total. The summed E-state index contributed by atoms with van der Waals surface area (Å²) < 4.78 is 7.57. The van der Waals surface area contributed by atoms with Gasteiger partial charge in [0.15, 0.2) is 5.65 Å². The maximum atomic E-state index is 6.21. The molecule has 0 radical (unpaired) electrons. The van der Waals surface area contributed by atoms with Crippen molar-refractivity contribution in [3.8, 4) is 0 Å². The van der Waals surface area contributed by atoms with Crippen molar-refractivity contribution >= 4 is 28.5 Å². The number of nitrogens with zero attached hydrogens (tertiary/aromatic N) is 5. The minimum Gasteiger partial charge on any atom is -0.377 e. The van der Waals surface area contributed by atoms with Gasteiger partial charge in [0.05, 0.1) is 36.9 Å². The van der Waals surface area contributed by atoms with Crippen LogP contribution in [0.5, 0.6) is 0 Å². The summed E-state index contributed by atoms with van der Waals surface area (Å²) in [4.78, 5) is 11.2. The Morgan fingerprint density at radius 1 is 1.27 bits per heavy atom. The van der Waals surface area contributed by atoms with Gasteiger partial charge < -0.3 is 9.64 Å². The minimum absolute atomic E-state index is 0.276. The summed E-state index contributed by atoms with van der Waals surface area (Å²) in [5.41, 5.74) is 0.862. The molecule has 2 aromatic heterocycles. The second-order valence-electron chi connectivity index (χ2n) is 6.20. The molecule has 0 aromatic carbocycles. The van der Waals surface area contributed by atoms with Crippen LogP contribution in [0.15, 0.2) is 6.20 Å². The number of hydrogen-bond acceptors (Lipinski definition) is 5. The average molecular weight is 322 g/mol. The van der Waals surface area contributed by atoms with Crippen molar-refractivity contribution in [1.82, 2.24) is 19.7 Å². The summed E-state index contributed by atoms with van der Waals surface area (Å²) in [6.07, 6.45) is 6.75. The molecule has 0 bridgehead atoms. The first-order valence-electron chi connectivity index (χ1n) is 7.99. The van der Waals surface area contributed by atoms with Crippen molar-refractivity contribution < 1.29 is 4.74 Å². The highest BCUT2D eigenvalue weighted by atomic mass is 35.5. The molecule has 7 heteroatoms. The Kier molecular flexibility index (Phi) is 3.66. The molecule has 1 saturated heterocycles. The fraction of sp³-hybridized carbons (Fsp3) is 0.667. The number of halogens is 1. The molecule has 118 valence electrons. The monoisotopic (exact) mass is 321 g/mol. The highest BCUT2D eigenvalue weighted by Crippen LogP contribution is 2.34. The van der Waals surface area contributed by atoms with E-state index in [0.29, 0.717) is 24.5 Å². The zero-order valence-corrected chi connectivity index (χ0v) is 13.5. The lowest BCUT2D eigenvalue weighted by Crippen LogP contribution is -2.44. The van der Waals surface area contributed by atoms with E-state index in [4.69, 9.17) is 16.3 Å². The molecule has 4 rings (SSSR count). The van der Waals surface area contributed by atoms with Crippen molar-refractivity contribution in [2.75, 3.05) is 24.7 Å². The first kappa shape index (κ1) is 14.2. The quantitative estimate of drug-likeness (QED) is 0.796. The molecule has 2 aliphatic rings. The van der Waals surface area contributed by atoms with Gasteiger partial charge in [-0.2, -0.15) is 15.1 Å². The summed E-state index contributed by atoms with van der Waals surface area (Å²) in [5, 5.41) is 5.88. The van der Waals surface area contributed by atoms with Crippen LogP contribution in [0, 0.1) is 0 Å². The zero-order chi connectivity index (χ0) is 15.1. The number of rotatable bonds is 2. The first-order chi connectivity index (χ1) is 10.7. The molecule has 22 heavy (non-hydrogen) atoms. The van der Waals surface area contributed by atoms with Gasteiger partial charge in [0.25, 0.3) is 0 Å². The topological polar surface area (TPSA) is 56.1 Å². The maximum Gasteiger partial charge on any atom is 0.226 e. The van der Waals surface area contributed by atoms with Gasteiger partial charge in [0.2, 0.25) is 5.28 Å². The minimum atomic E-state index is 0.276. The summed E-state index contributed by atoms with van der Waals surface area (Å²) in [6, 6.07) is 0.719. The lowest BCUT2D eigenvalue weighted by Gasteiger charge is -2.34. The largest absolute Gasteiger partial charge is 0.377 e. The van der Waals surface area contributed by atoms with Crippen LogP contribution >= 0.6 is 11.6 Å². The SMILES string of the molecule is C[C@@H]1COCCN1c1nc(Cl)nc2c1cnn2C1CCCC1. The van der Waals surface area contributed by atoms with E-state index >= 15 is 0 Å². The zero-order valence-electron chi connectivity index (χ0n) is 12.7. The smallest absolute Gasteiger partial charge is 0.226 e. The normalized spacial score (nSPS) is 23.5. The van der Waals surface area contributed by atoms with E-state index in [0.717, 1.165) is 23.4 Å². The van der Waals surface area contributed by atoms with Crippen molar-refractivity contribution in [2.24, 2.45) is 0 Å². The molecule has 2 fully saturated rings. The molecular weight excluding hydrogens is 302 g/mol. The van der Waals surface area contributed by atoms with Gasteiger partial charge >= 0.3 is 0 Å². The lowest BCUT2D eigenvalue weighted by molar-refractivity contribution is 0.0987. The second-order valence-corrected chi connectivity index (χ2v) is 6.54. The Hall–Kier alpha value is -1.40. The van der Waals surface area contributed by atoms with Crippen LogP contribution in [-0.2, 0) is 4.74 Å². The number of ether oxygens (including phenoxy) is 1. The third kappa shape index (κ3) is 2.34. The molecule has 0 spiro atoms. The van der Waals surface area contributed by atoms with Crippen LogP contribution in [0.1, 0.15) is 38.6 Å². The third-order valence-electron chi connectivity index (χ3n) is 4.72. The third-order valence-corrected chi connectivity index (χ3v) is 4.89. The van der Waals surface area contributed by atoms with Gasteiger partial charge in [0, 0.05) is 6.54 Å². The van der Waals surface area contributed by atoms with Crippen LogP contribution in [0.3, 0.4) is 0 Å². The molecule has 0 amide bonds. The predicted octanol–water partition coefficient (Wildman–Crippen LogP) is 2.82. The van der Waals surface area contributed by atoms with E-state index in [9.17, 15) is 0 Å². The van der Waals surface area contributed by atoms with Crippen molar-refractivity contribution in [1.29, 1.82) is 0 Å². The van der Waals surface area contributed by atoms with E-state index in [1.54, 1.807) is 0 Å². The Balaban J connectivity index is 1.81. The van der Waals surface area contributed by atoms with Gasteiger partial charge in [-0.05, 0) is 31.4 Å². The van der Waals surface area contributed by atoms with E-state index in [1.165, 1.54) is 25.7 Å². The molecule has 0 N–H and O–H groups in total. The van der Waals surface area contributed by atoms with E-state index in [2.05, 4.69) is 26.9 Å². The Bertz CT molecular complexity index is 682. The Morgan fingerprint density at radius 2 is 2.09 bits per heavy atom. The molecule has 3 heterocycles. The van der Waals surface area contributed by atoms with Gasteiger partial charge in [-0.3, -0.25) is 0 Å². The molecule has 0 unspecified atom stereocenters. The average Bonchev–Trinajstić information content (AvgIpc) is 3.15. The van der Waals surface area contributed by atoms with Gasteiger partial charge in [0.1, 0.15) is 5.82 Å². The molecular formula is C15H20ClN5O. The van der Waals surface area contributed by atoms with Crippen LogP contribution in [-0.4, -0.2) is 45.5 Å². The Labute approximate surface area is 134 Å². The molecule has 1 aliphatic heterocycles. The predicted molar refractivity (Wildman–Crippen MR) is 85.5 cm³/mol. The maximum absolute atomic E-state index is 6.21. The summed E-state index contributed by atoms with van der Waals surface area (Å²) in [5.74, 6) is 0.884. The van der Waals surface area contributed by atoms with Crippen LogP contribution in [0.2, 0.25) is 5.28 Å². The number of hydrogen-bond donors (Lipinski definition) is 0. The van der Waals surface area contributed by atoms with Crippen molar-refractivity contribution in [3.63, 3.8) is 0 Å². The molecule has 1 aliphatic carbocycles. The summed E-state index contributed by atoms with van der Waals surface area (Å²) >= 11 is 6.21. The van der Waals surface area contributed by atoms with Crippen LogP contribution < -0.4 is 4.90 Å². The fourth-order valence-electron chi connectivity index (χ4n) is 3.56. The van der Waals surface area contributed by atoms with Crippen molar-refractivity contribution in [3.05, 3.63) is 11.5 Å². The number of morpholine rings is 1. The van der Waals surface area contributed by atoms with Crippen LogP contribution in [0.25, 0.3) is 11.0 Å². The lowest BCUT2D eigenvalue weighted by atomic mass is 10.2. The first-order valence-corrected chi connectivity index (χ1v) is 8.37. The molecule has 1 saturated carbocycles. The van der Waals surface area contributed by atoms with Crippen molar-refractivity contribution in [2.45, 2.75) is 44.7 Å². The second kappa shape index (κ2) is 5.66. The van der Waals surface area contributed by atoms with Gasteiger partial charge in [-0.15, -0.1) is 0 Å². The standard InChI is InChI=1S/C15H20ClN5O/c1-10-9-22-7-6-20(10)13-12-8-17-21(11-4-2-3-5-11)14(12)19-15(16)18-13/h8,10-11H,2-7,9H2,1H3/t10-/m1/s1.